The molecule has 0 saturated heterocycles. The van der Waals surface area contributed by atoms with Gasteiger partial charge < -0.3 is 0 Å². The lowest BCUT2D eigenvalue weighted by Gasteiger charge is -2.02. The van der Waals surface area contributed by atoms with Crippen LogP contribution in [-0.4, -0.2) is 10.8 Å². The van der Waals surface area contributed by atoms with Gasteiger partial charge in [0, 0.05) is 23.9 Å². The van der Waals surface area contributed by atoms with Crippen molar-refractivity contribution in [2.45, 2.75) is 58.8 Å². The molecule has 17 heavy (non-hydrogen) atoms. The van der Waals surface area contributed by atoms with Gasteiger partial charge in [0.2, 0.25) is 0 Å². The highest BCUT2D eigenvalue weighted by Crippen LogP contribution is 2.11. The highest BCUT2D eigenvalue weighted by atomic mass is 16.1. The van der Waals surface area contributed by atoms with Gasteiger partial charge in [-0.05, 0) is 25.5 Å². The van der Waals surface area contributed by atoms with Gasteiger partial charge >= 0.3 is 0 Å². The van der Waals surface area contributed by atoms with E-state index in [1.54, 1.807) is 6.20 Å². The molecule has 0 unspecified atom stereocenters. The molecule has 2 nitrogen and oxygen atoms in total. The van der Waals surface area contributed by atoms with Crippen LogP contribution in [0.15, 0.2) is 18.3 Å². The number of ketones is 1. The van der Waals surface area contributed by atoms with Crippen LogP contribution in [0.25, 0.3) is 0 Å². The SMILES string of the molecule is CCCCCCCCC(=O)c1ccnc(C)c1. The second-order valence-corrected chi connectivity index (χ2v) is 4.63. The first-order valence-electron chi connectivity index (χ1n) is 6.70. The lowest BCUT2D eigenvalue weighted by atomic mass is 10.0. The summed E-state index contributed by atoms with van der Waals surface area (Å²) in [5.74, 6) is 0.256. The molecule has 0 aliphatic carbocycles. The third-order valence-corrected chi connectivity index (χ3v) is 2.98. The molecule has 1 heterocycles. The van der Waals surface area contributed by atoms with E-state index in [0.29, 0.717) is 6.42 Å². The van der Waals surface area contributed by atoms with E-state index in [1.807, 2.05) is 19.1 Å². The zero-order chi connectivity index (χ0) is 12.5. The Morgan fingerprint density at radius 2 is 1.88 bits per heavy atom. The van der Waals surface area contributed by atoms with E-state index in [2.05, 4.69) is 11.9 Å². The van der Waals surface area contributed by atoms with Crippen molar-refractivity contribution >= 4 is 5.78 Å². The number of carbonyl (C=O) groups excluding carboxylic acids is 1. The van der Waals surface area contributed by atoms with Gasteiger partial charge in [0.15, 0.2) is 5.78 Å². The van der Waals surface area contributed by atoms with Crippen LogP contribution in [0.3, 0.4) is 0 Å². The van der Waals surface area contributed by atoms with Crippen LogP contribution in [0, 0.1) is 6.92 Å². The molecule has 0 aromatic carbocycles. The Kier molecular flexibility index (Phi) is 6.53. The third kappa shape index (κ3) is 5.62. The number of unbranched alkanes of at least 4 members (excludes halogenated alkanes) is 5. The summed E-state index contributed by atoms with van der Waals surface area (Å²) in [7, 11) is 0. The maximum Gasteiger partial charge on any atom is 0.162 e. The first kappa shape index (κ1) is 13.9. The summed E-state index contributed by atoms with van der Waals surface area (Å²) >= 11 is 0. The average molecular weight is 233 g/mol. The molecule has 0 amide bonds. The predicted molar refractivity (Wildman–Crippen MR) is 71.3 cm³/mol. The molecule has 2 heteroatoms. The fourth-order valence-corrected chi connectivity index (χ4v) is 1.93. The van der Waals surface area contributed by atoms with Crippen LogP contribution < -0.4 is 0 Å². The number of aryl methyl sites for hydroxylation is 1. The van der Waals surface area contributed by atoms with Gasteiger partial charge in [0.05, 0.1) is 0 Å². The van der Waals surface area contributed by atoms with E-state index >= 15 is 0 Å². The van der Waals surface area contributed by atoms with Gasteiger partial charge in [-0.25, -0.2) is 0 Å². The molecule has 0 spiro atoms. The molecule has 1 aromatic rings. The van der Waals surface area contributed by atoms with E-state index in [9.17, 15) is 4.79 Å². The predicted octanol–water partition coefficient (Wildman–Crippen LogP) is 4.32. The van der Waals surface area contributed by atoms with Crippen molar-refractivity contribution < 1.29 is 4.79 Å². The number of rotatable bonds is 8. The van der Waals surface area contributed by atoms with Gasteiger partial charge in [-0.2, -0.15) is 0 Å². The number of hydrogen-bond acceptors (Lipinski definition) is 2. The van der Waals surface area contributed by atoms with Gasteiger partial charge in [-0.3, -0.25) is 9.78 Å². The molecule has 0 aliphatic rings. The van der Waals surface area contributed by atoms with Crippen LogP contribution in [0.5, 0.6) is 0 Å². The Balaban J connectivity index is 2.21. The van der Waals surface area contributed by atoms with Crippen molar-refractivity contribution in [3.8, 4) is 0 Å². The minimum atomic E-state index is 0.256. The third-order valence-electron chi connectivity index (χ3n) is 2.98. The molecule has 0 saturated carbocycles. The lowest BCUT2D eigenvalue weighted by molar-refractivity contribution is 0.0979. The summed E-state index contributed by atoms with van der Waals surface area (Å²) in [6, 6.07) is 3.69. The zero-order valence-corrected chi connectivity index (χ0v) is 11.0. The van der Waals surface area contributed by atoms with Crippen molar-refractivity contribution in [1.29, 1.82) is 0 Å². The molecule has 1 rings (SSSR count). The number of Topliss-reactive ketones (excluding diaryl/α,β-unsaturated/α-hetero) is 1. The molecule has 0 radical (unpaired) electrons. The Labute approximate surface area is 104 Å². The summed E-state index contributed by atoms with van der Waals surface area (Å²) in [5.41, 5.74) is 1.73. The lowest BCUT2D eigenvalue weighted by Crippen LogP contribution is -2.00. The second kappa shape index (κ2) is 7.99. The van der Waals surface area contributed by atoms with Gasteiger partial charge in [-0.1, -0.05) is 39.0 Å². The van der Waals surface area contributed by atoms with Crippen molar-refractivity contribution in [1.82, 2.24) is 4.98 Å². The maximum absolute atomic E-state index is 11.9. The molecule has 1 aromatic heterocycles. The average Bonchev–Trinajstić information content (AvgIpc) is 2.33. The smallest absolute Gasteiger partial charge is 0.162 e. The molecular formula is C15H23NO. The minimum absolute atomic E-state index is 0.256. The first-order chi connectivity index (χ1) is 8.24. The van der Waals surface area contributed by atoms with Gasteiger partial charge in [-0.15, -0.1) is 0 Å². The molecule has 0 atom stereocenters. The molecule has 0 N–H and O–H groups in total. The first-order valence-corrected chi connectivity index (χ1v) is 6.70. The number of nitrogens with zero attached hydrogens (tertiary/aromatic N) is 1. The molecule has 94 valence electrons. The van der Waals surface area contributed by atoms with Crippen molar-refractivity contribution in [2.24, 2.45) is 0 Å². The topological polar surface area (TPSA) is 30.0 Å². The summed E-state index contributed by atoms with van der Waals surface area (Å²) in [6.45, 7) is 4.14. The van der Waals surface area contributed by atoms with Crippen LogP contribution in [0.2, 0.25) is 0 Å². The second-order valence-electron chi connectivity index (χ2n) is 4.63. The fourth-order valence-electron chi connectivity index (χ4n) is 1.93. The van der Waals surface area contributed by atoms with Crippen molar-refractivity contribution in [2.75, 3.05) is 0 Å². The summed E-state index contributed by atoms with van der Waals surface area (Å²) in [6.07, 6.45) is 9.74. The summed E-state index contributed by atoms with van der Waals surface area (Å²) < 4.78 is 0. The molecular weight excluding hydrogens is 210 g/mol. The Hall–Kier alpha value is -1.18. The van der Waals surface area contributed by atoms with E-state index in [1.165, 1.54) is 32.1 Å². The standard InChI is InChI=1S/C15H23NO/c1-3-4-5-6-7-8-9-15(17)14-10-11-16-13(2)12-14/h10-12H,3-9H2,1-2H3. The quantitative estimate of drug-likeness (QED) is 0.494. The van der Waals surface area contributed by atoms with Crippen LogP contribution in [0.4, 0.5) is 0 Å². The van der Waals surface area contributed by atoms with Gasteiger partial charge in [0.25, 0.3) is 0 Å². The van der Waals surface area contributed by atoms with E-state index < -0.39 is 0 Å². The highest BCUT2D eigenvalue weighted by Gasteiger charge is 2.05. The van der Waals surface area contributed by atoms with Crippen LogP contribution in [-0.2, 0) is 0 Å². The fraction of sp³-hybridized carbons (Fsp3) is 0.600. The highest BCUT2D eigenvalue weighted by molar-refractivity contribution is 5.95. The van der Waals surface area contributed by atoms with E-state index in [-0.39, 0.29) is 5.78 Å². The summed E-state index contributed by atoms with van der Waals surface area (Å²) in [5, 5.41) is 0. The molecule has 0 aliphatic heterocycles. The minimum Gasteiger partial charge on any atom is -0.294 e. The number of hydrogen-bond donors (Lipinski definition) is 0. The van der Waals surface area contributed by atoms with E-state index in [4.69, 9.17) is 0 Å². The summed E-state index contributed by atoms with van der Waals surface area (Å²) in [4.78, 5) is 16.0. The number of pyridine rings is 1. The van der Waals surface area contributed by atoms with Crippen molar-refractivity contribution in [3.05, 3.63) is 29.6 Å². The van der Waals surface area contributed by atoms with E-state index in [0.717, 1.165) is 17.7 Å². The largest absolute Gasteiger partial charge is 0.294 e. The maximum atomic E-state index is 11.9. The Morgan fingerprint density at radius 1 is 1.18 bits per heavy atom. The number of aromatic nitrogens is 1. The van der Waals surface area contributed by atoms with Crippen LogP contribution >= 0.6 is 0 Å². The molecule has 0 fully saturated rings. The number of carbonyl (C=O) groups is 1. The molecule has 0 bridgehead atoms. The van der Waals surface area contributed by atoms with Gasteiger partial charge in [0.1, 0.15) is 0 Å². The van der Waals surface area contributed by atoms with Crippen LogP contribution in [0.1, 0.15) is 67.9 Å². The van der Waals surface area contributed by atoms with Crippen molar-refractivity contribution in [3.63, 3.8) is 0 Å². The zero-order valence-electron chi connectivity index (χ0n) is 11.0. The Morgan fingerprint density at radius 3 is 2.59 bits per heavy atom. The monoisotopic (exact) mass is 233 g/mol. The normalized spacial score (nSPS) is 10.5. The Bertz CT molecular complexity index is 347.